The van der Waals surface area contributed by atoms with Crippen LogP contribution in [0.3, 0.4) is 0 Å². The Balaban J connectivity index is 1.92. The Kier molecular flexibility index (Phi) is 5.93. The molecule has 0 saturated carbocycles. The third kappa shape index (κ3) is 5.19. The van der Waals surface area contributed by atoms with Crippen molar-refractivity contribution in [1.82, 2.24) is 9.62 Å². The normalized spacial score (nSPS) is 19.2. The fraction of sp³-hybridized carbons (Fsp3) is 0.562. The van der Waals surface area contributed by atoms with Gasteiger partial charge in [0, 0.05) is 24.1 Å². The predicted molar refractivity (Wildman–Crippen MR) is 95.2 cm³/mol. The summed E-state index contributed by atoms with van der Waals surface area (Å²) in [6.45, 7) is 6.65. The minimum atomic E-state index is -3.50. The first kappa shape index (κ1) is 19.2. The van der Waals surface area contributed by atoms with Crippen LogP contribution in [-0.2, 0) is 14.8 Å². The van der Waals surface area contributed by atoms with Gasteiger partial charge < -0.3 is 10.1 Å². The van der Waals surface area contributed by atoms with Crippen molar-refractivity contribution in [3.63, 3.8) is 0 Å². The smallest absolute Gasteiger partial charge is 0.407 e. The molecule has 134 valence electrons. The van der Waals surface area contributed by atoms with E-state index in [4.69, 9.17) is 4.74 Å². The lowest BCUT2D eigenvalue weighted by Gasteiger charge is -2.21. The zero-order valence-electron chi connectivity index (χ0n) is 14.1. The van der Waals surface area contributed by atoms with Crippen LogP contribution >= 0.6 is 15.9 Å². The van der Waals surface area contributed by atoms with Crippen LogP contribution in [0.4, 0.5) is 4.79 Å². The topological polar surface area (TPSA) is 75.7 Å². The van der Waals surface area contributed by atoms with Crippen LogP contribution in [0.5, 0.6) is 0 Å². The summed E-state index contributed by atoms with van der Waals surface area (Å²) in [6, 6.07) is 6.68. The Labute approximate surface area is 151 Å². The number of nitrogens with zero attached hydrogens (tertiary/aromatic N) is 1. The molecule has 1 aromatic carbocycles. The minimum absolute atomic E-state index is 0.0828. The fourth-order valence-electron chi connectivity index (χ4n) is 2.50. The third-order valence-electron chi connectivity index (χ3n) is 3.62. The molecule has 8 heteroatoms. The standard InChI is InChI=1S/C16H23BrN2O4S/c1-16(2,3)23-15(20)18-10-12-7-8-19(11-12)24(21,22)14-6-4-5-13(17)9-14/h4-6,9,12H,7-8,10-11H2,1-3H3,(H,18,20). The van der Waals surface area contributed by atoms with Crippen molar-refractivity contribution < 1.29 is 17.9 Å². The molecule has 0 radical (unpaired) electrons. The summed E-state index contributed by atoms with van der Waals surface area (Å²) >= 11 is 3.30. The number of benzene rings is 1. The van der Waals surface area contributed by atoms with E-state index in [1.54, 1.807) is 45.0 Å². The van der Waals surface area contributed by atoms with E-state index in [1.807, 2.05) is 0 Å². The molecule has 24 heavy (non-hydrogen) atoms. The van der Waals surface area contributed by atoms with Crippen LogP contribution < -0.4 is 5.32 Å². The van der Waals surface area contributed by atoms with Crippen molar-refractivity contribution in [1.29, 1.82) is 0 Å². The van der Waals surface area contributed by atoms with Gasteiger partial charge in [-0.05, 0) is 51.3 Å². The van der Waals surface area contributed by atoms with Gasteiger partial charge in [-0.2, -0.15) is 4.31 Å². The maximum atomic E-state index is 12.7. The number of halogens is 1. The van der Waals surface area contributed by atoms with Gasteiger partial charge in [0.15, 0.2) is 0 Å². The molecular weight excluding hydrogens is 396 g/mol. The number of hydrogen-bond donors (Lipinski definition) is 1. The number of rotatable bonds is 4. The Morgan fingerprint density at radius 2 is 2.12 bits per heavy atom. The number of alkyl carbamates (subject to hydrolysis) is 1. The summed E-state index contributed by atoms with van der Waals surface area (Å²) in [7, 11) is -3.50. The molecule has 1 amide bonds. The molecule has 0 spiro atoms. The van der Waals surface area contributed by atoms with Crippen molar-refractivity contribution in [3.8, 4) is 0 Å². The lowest BCUT2D eigenvalue weighted by Crippen LogP contribution is -2.36. The van der Waals surface area contributed by atoms with Crippen LogP contribution in [0.15, 0.2) is 33.6 Å². The van der Waals surface area contributed by atoms with Gasteiger partial charge in [-0.1, -0.05) is 22.0 Å². The zero-order valence-corrected chi connectivity index (χ0v) is 16.5. The summed E-state index contributed by atoms with van der Waals surface area (Å²) in [5.74, 6) is 0.0828. The SMILES string of the molecule is CC(C)(C)OC(=O)NCC1CCN(S(=O)(=O)c2cccc(Br)c2)C1. The minimum Gasteiger partial charge on any atom is -0.444 e. The van der Waals surface area contributed by atoms with E-state index in [1.165, 1.54) is 4.31 Å². The molecule has 1 saturated heterocycles. The van der Waals surface area contributed by atoms with Gasteiger partial charge in [-0.25, -0.2) is 13.2 Å². The molecule has 2 rings (SSSR count). The first-order chi connectivity index (χ1) is 11.1. The molecule has 1 aromatic rings. The van der Waals surface area contributed by atoms with Gasteiger partial charge in [-0.3, -0.25) is 0 Å². The van der Waals surface area contributed by atoms with Crippen molar-refractivity contribution in [2.45, 2.75) is 37.7 Å². The Morgan fingerprint density at radius 3 is 2.75 bits per heavy atom. The summed E-state index contributed by atoms with van der Waals surface area (Å²) in [5.41, 5.74) is -0.546. The average Bonchev–Trinajstić information content (AvgIpc) is 2.93. The van der Waals surface area contributed by atoms with Crippen LogP contribution in [0, 0.1) is 5.92 Å². The maximum Gasteiger partial charge on any atom is 0.407 e. The highest BCUT2D eigenvalue weighted by Crippen LogP contribution is 2.25. The van der Waals surface area contributed by atoms with Crippen molar-refractivity contribution in [3.05, 3.63) is 28.7 Å². The molecule has 1 heterocycles. The van der Waals surface area contributed by atoms with Gasteiger partial charge >= 0.3 is 6.09 Å². The van der Waals surface area contributed by atoms with Crippen molar-refractivity contribution in [2.75, 3.05) is 19.6 Å². The molecule has 0 aromatic heterocycles. The number of sulfonamides is 1. The highest BCUT2D eigenvalue weighted by molar-refractivity contribution is 9.10. The molecule has 1 unspecified atom stereocenters. The van der Waals surface area contributed by atoms with Crippen molar-refractivity contribution >= 4 is 32.0 Å². The van der Waals surface area contributed by atoms with E-state index in [0.29, 0.717) is 26.1 Å². The van der Waals surface area contributed by atoms with Gasteiger partial charge in [0.2, 0.25) is 10.0 Å². The number of carbonyl (C=O) groups excluding carboxylic acids is 1. The predicted octanol–water partition coefficient (Wildman–Crippen LogP) is 2.98. The summed E-state index contributed by atoms with van der Waals surface area (Å²) in [5, 5.41) is 2.71. The number of ether oxygens (including phenoxy) is 1. The molecular formula is C16H23BrN2O4S. The number of hydrogen-bond acceptors (Lipinski definition) is 4. The Hall–Kier alpha value is -1.12. The quantitative estimate of drug-likeness (QED) is 0.814. The molecule has 0 bridgehead atoms. The number of amides is 1. The first-order valence-corrected chi connectivity index (χ1v) is 10.0. The van der Waals surface area contributed by atoms with Gasteiger partial charge in [0.1, 0.15) is 5.60 Å². The molecule has 1 fully saturated rings. The van der Waals surface area contributed by atoms with E-state index >= 15 is 0 Å². The molecule has 1 atom stereocenters. The first-order valence-electron chi connectivity index (χ1n) is 7.80. The lowest BCUT2D eigenvalue weighted by atomic mass is 10.1. The van der Waals surface area contributed by atoms with Crippen LogP contribution in [-0.4, -0.2) is 44.1 Å². The van der Waals surface area contributed by atoms with Gasteiger partial charge in [-0.15, -0.1) is 0 Å². The van der Waals surface area contributed by atoms with Crippen LogP contribution in [0.1, 0.15) is 27.2 Å². The van der Waals surface area contributed by atoms with Gasteiger partial charge in [0.05, 0.1) is 4.90 Å². The average molecular weight is 419 g/mol. The molecule has 1 N–H and O–H groups in total. The monoisotopic (exact) mass is 418 g/mol. The Bertz CT molecular complexity index is 700. The maximum absolute atomic E-state index is 12.7. The van der Waals surface area contributed by atoms with E-state index in [2.05, 4.69) is 21.2 Å². The summed E-state index contributed by atoms with van der Waals surface area (Å²) in [6.07, 6.45) is 0.235. The number of nitrogens with one attached hydrogen (secondary N) is 1. The van der Waals surface area contributed by atoms with Crippen LogP contribution in [0.25, 0.3) is 0 Å². The highest BCUT2D eigenvalue weighted by Gasteiger charge is 2.32. The molecule has 0 aliphatic carbocycles. The second-order valence-corrected chi connectivity index (χ2v) is 9.71. The lowest BCUT2D eigenvalue weighted by molar-refractivity contribution is 0.0520. The van der Waals surface area contributed by atoms with E-state index in [0.717, 1.165) is 4.47 Å². The third-order valence-corrected chi connectivity index (χ3v) is 5.97. The summed E-state index contributed by atoms with van der Waals surface area (Å²) < 4.78 is 32.7. The molecule has 6 nitrogen and oxygen atoms in total. The second-order valence-electron chi connectivity index (χ2n) is 6.86. The highest BCUT2D eigenvalue weighted by atomic mass is 79.9. The van der Waals surface area contributed by atoms with E-state index < -0.39 is 21.7 Å². The largest absolute Gasteiger partial charge is 0.444 e. The molecule has 1 aliphatic rings. The molecule has 1 aliphatic heterocycles. The van der Waals surface area contributed by atoms with Crippen molar-refractivity contribution in [2.24, 2.45) is 5.92 Å². The zero-order chi connectivity index (χ0) is 18.0. The van der Waals surface area contributed by atoms with Gasteiger partial charge in [0.25, 0.3) is 0 Å². The summed E-state index contributed by atoms with van der Waals surface area (Å²) in [4.78, 5) is 12.0. The van der Waals surface area contributed by atoms with E-state index in [9.17, 15) is 13.2 Å². The Morgan fingerprint density at radius 1 is 1.42 bits per heavy atom. The number of carbonyl (C=O) groups is 1. The van der Waals surface area contributed by atoms with E-state index in [-0.39, 0.29) is 10.8 Å². The van der Waals surface area contributed by atoms with Crippen LogP contribution in [0.2, 0.25) is 0 Å². The second kappa shape index (κ2) is 7.41. The fourth-order valence-corrected chi connectivity index (χ4v) is 4.63.